The second kappa shape index (κ2) is 7.39. The fraction of sp³-hybridized carbons (Fsp3) is 0.350. The summed E-state index contributed by atoms with van der Waals surface area (Å²) in [6.07, 6.45) is 0.694. The van der Waals surface area contributed by atoms with Crippen molar-refractivity contribution in [2.24, 2.45) is 0 Å². The zero-order valence-corrected chi connectivity index (χ0v) is 17.0. The Balaban J connectivity index is 1.52. The zero-order valence-electron chi connectivity index (χ0n) is 15.5. The number of piperidine rings is 1. The van der Waals surface area contributed by atoms with Crippen LogP contribution in [0.1, 0.15) is 24.0 Å². The van der Waals surface area contributed by atoms with Gasteiger partial charge in [-0.05, 0) is 50.1 Å². The molecule has 0 radical (unpaired) electrons. The third-order valence-electron chi connectivity index (χ3n) is 5.30. The van der Waals surface area contributed by atoms with E-state index < -0.39 is 16.1 Å². The SMILES string of the molecule is Cc1ccc(S(=O)(=O)N2CCC(N3C(=O)OCc4cc(Cl)ccc43)CC2)cc1. The molecule has 0 unspecified atom stereocenters. The molecule has 2 heterocycles. The first-order valence-electron chi connectivity index (χ1n) is 9.17. The molecule has 0 spiro atoms. The third-order valence-corrected chi connectivity index (χ3v) is 7.44. The van der Waals surface area contributed by atoms with Gasteiger partial charge in [0, 0.05) is 29.7 Å². The fourth-order valence-electron chi connectivity index (χ4n) is 3.76. The highest BCUT2D eigenvalue weighted by Crippen LogP contribution is 2.34. The van der Waals surface area contributed by atoms with E-state index in [0.29, 0.717) is 35.8 Å². The van der Waals surface area contributed by atoms with Crippen LogP contribution in [0.2, 0.25) is 5.02 Å². The summed E-state index contributed by atoms with van der Waals surface area (Å²) in [5.41, 5.74) is 2.67. The lowest BCUT2D eigenvalue weighted by Gasteiger charge is -2.39. The molecule has 0 bridgehead atoms. The Kier molecular flexibility index (Phi) is 5.07. The van der Waals surface area contributed by atoms with E-state index in [1.165, 1.54) is 4.31 Å². The number of fused-ring (bicyclic) bond motifs is 1. The van der Waals surface area contributed by atoms with Crippen molar-refractivity contribution in [3.05, 3.63) is 58.6 Å². The number of nitrogens with zero attached hydrogens (tertiary/aromatic N) is 2. The normalized spacial score (nSPS) is 18.6. The van der Waals surface area contributed by atoms with Crippen LogP contribution in [0.15, 0.2) is 47.4 Å². The number of hydrogen-bond donors (Lipinski definition) is 0. The van der Waals surface area contributed by atoms with Crippen LogP contribution in [0.25, 0.3) is 0 Å². The number of carbonyl (C=O) groups is 1. The third kappa shape index (κ3) is 3.50. The number of anilines is 1. The van der Waals surface area contributed by atoms with Crippen LogP contribution in [-0.2, 0) is 21.4 Å². The highest BCUT2D eigenvalue weighted by molar-refractivity contribution is 7.89. The number of hydrogen-bond acceptors (Lipinski definition) is 4. The molecule has 0 saturated carbocycles. The van der Waals surface area contributed by atoms with Crippen molar-refractivity contribution in [1.29, 1.82) is 0 Å². The fourth-order valence-corrected chi connectivity index (χ4v) is 5.42. The Morgan fingerprint density at radius 1 is 1.07 bits per heavy atom. The Hall–Kier alpha value is -2.09. The smallest absolute Gasteiger partial charge is 0.414 e. The van der Waals surface area contributed by atoms with Crippen LogP contribution in [0.4, 0.5) is 10.5 Å². The minimum Gasteiger partial charge on any atom is -0.444 e. The molecular formula is C20H21ClN2O4S. The number of rotatable bonds is 3. The average molecular weight is 421 g/mol. The standard InChI is InChI=1S/C20H21ClN2O4S/c1-14-2-5-18(6-3-14)28(25,26)22-10-8-17(9-11-22)23-19-7-4-16(21)12-15(19)13-27-20(23)24/h2-7,12,17H,8-11,13H2,1H3. The summed E-state index contributed by atoms with van der Waals surface area (Å²) in [7, 11) is -3.53. The highest BCUT2D eigenvalue weighted by atomic mass is 35.5. The van der Waals surface area contributed by atoms with Crippen LogP contribution in [0.3, 0.4) is 0 Å². The Bertz CT molecular complexity index is 999. The van der Waals surface area contributed by atoms with Crippen molar-refractivity contribution in [2.45, 2.75) is 37.3 Å². The highest BCUT2D eigenvalue weighted by Gasteiger charge is 2.37. The van der Waals surface area contributed by atoms with E-state index in [-0.39, 0.29) is 12.6 Å². The van der Waals surface area contributed by atoms with Crippen LogP contribution < -0.4 is 4.90 Å². The number of aryl methyl sites for hydroxylation is 1. The minimum absolute atomic E-state index is 0.114. The number of carbonyl (C=O) groups excluding carboxylic acids is 1. The molecule has 2 aromatic carbocycles. The Morgan fingerprint density at radius 2 is 1.75 bits per heavy atom. The lowest BCUT2D eigenvalue weighted by molar-refractivity contribution is 0.136. The lowest BCUT2D eigenvalue weighted by Crippen LogP contribution is -2.50. The Morgan fingerprint density at radius 3 is 2.43 bits per heavy atom. The monoisotopic (exact) mass is 420 g/mol. The molecule has 1 amide bonds. The molecule has 6 nitrogen and oxygen atoms in total. The Labute approximate surface area is 169 Å². The van der Waals surface area contributed by atoms with Gasteiger partial charge < -0.3 is 4.74 Å². The first kappa shape index (κ1) is 19.2. The second-order valence-corrected chi connectivity index (χ2v) is 9.52. The molecule has 0 atom stereocenters. The summed E-state index contributed by atoms with van der Waals surface area (Å²) in [6, 6.07) is 12.1. The average Bonchev–Trinajstić information content (AvgIpc) is 2.68. The maximum atomic E-state index is 12.9. The molecule has 28 heavy (non-hydrogen) atoms. The van der Waals surface area contributed by atoms with Crippen molar-refractivity contribution in [3.8, 4) is 0 Å². The van der Waals surface area contributed by atoms with Crippen LogP contribution in [0, 0.1) is 6.92 Å². The summed E-state index contributed by atoms with van der Waals surface area (Å²) >= 11 is 6.05. The summed E-state index contributed by atoms with van der Waals surface area (Å²) in [6.45, 7) is 2.83. The van der Waals surface area contributed by atoms with Crippen molar-refractivity contribution >= 4 is 33.4 Å². The van der Waals surface area contributed by atoms with Gasteiger partial charge in [-0.25, -0.2) is 13.2 Å². The summed E-state index contributed by atoms with van der Waals surface area (Å²) in [5.74, 6) is 0. The topological polar surface area (TPSA) is 66.9 Å². The van der Waals surface area contributed by atoms with E-state index in [0.717, 1.165) is 16.8 Å². The van der Waals surface area contributed by atoms with Gasteiger partial charge in [0.15, 0.2) is 0 Å². The minimum atomic E-state index is -3.53. The first-order chi connectivity index (χ1) is 13.4. The second-order valence-electron chi connectivity index (χ2n) is 7.15. The van der Waals surface area contributed by atoms with Crippen molar-refractivity contribution < 1.29 is 17.9 Å². The van der Waals surface area contributed by atoms with E-state index in [2.05, 4.69) is 0 Å². The van der Waals surface area contributed by atoms with E-state index >= 15 is 0 Å². The summed E-state index contributed by atoms with van der Waals surface area (Å²) < 4.78 is 32.6. The van der Waals surface area contributed by atoms with Gasteiger partial charge in [-0.1, -0.05) is 29.3 Å². The van der Waals surface area contributed by atoms with Gasteiger partial charge in [-0.15, -0.1) is 0 Å². The van der Waals surface area contributed by atoms with E-state index in [1.807, 2.05) is 13.0 Å². The van der Waals surface area contributed by atoms with Gasteiger partial charge >= 0.3 is 6.09 Å². The molecule has 0 aromatic heterocycles. The molecule has 4 rings (SSSR count). The van der Waals surface area contributed by atoms with Gasteiger partial charge in [0.2, 0.25) is 10.0 Å². The van der Waals surface area contributed by atoms with E-state index in [1.54, 1.807) is 41.3 Å². The van der Waals surface area contributed by atoms with Gasteiger partial charge in [0.05, 0.1) is 10.6 Å². The van der Waals surface area contributed by atoms with Crippen LogP contribution in [0.5, 0.6) is 0 Å². The molecule has 0 aliphatic carbocycles. The molecule has 2 aromatic rings. The van der Waals surface area contributed by atoms with Gasteiger partial charge in [-0.2, -0.15) is 4.31 Å². The van der Waals surface area contributed by atoms with Gasteiger partial charge in [0.25, 0.3) is 0 Å². The lowest BCUT2D eigenvalue weighted by atomic mass is 10.0. The molecule has 2 aliphatic rings. The summed E-state index contributed by atoms with van der Waals surface area (Å²) in [4.78, 5) is 14.4. The largest absolute Gasteiger partial charge is 0.444 e. The predicted molar refractivity (Wildman–Crippen MR) is 107 cm³/mol. The number of sulfonamides is 1. The van der Waals surface area contributed by atoms with Gasteiger partial charge in [0.1, 0.15) is 6.61 Å². The quantitative estimate of drug-likeness (QED) is 0.753. The van der Waals surface area contributed by atoms with Crippen molar-refractivity contribution in [2.75, 3.05) is 18.0 Å². The van der Waals surface area contributed by atoms with Crippen molar-refractivity contribution in [1.82, 2.24) is 4.31 Å². The summed E-state index contributed by atoms with van der Waals surface area (Å²) in [5, 5.41) is 0.593. The number of halogens is 1. The predicted octanol–water partition coefficient (Wildman–Crippen LogP) is 3.96. The van der Waals surface area contributed by atoms with Crippen molar-refractivity contribution in [3.63, 3.8) is 0 Å². The molecule has 1 fully saturated rings. The van der Waals surface area contributed by atoms with E-state index in [4.69, 9.17) is 16.3 Å². The maximum Gasteiger partial charge on any atom is 0.414 e. The maximum absolute atomic E-state index is 12.9. The van der Waals surface area contributed by atoms with Crippen LogP contribution >= 0.6 is 11.6 Å². The number of cyclic esters (lactones) is 1. The van der Waals surface area contributed by atoms with Crippen LogP contribution in [-0.4, -0.2) is 37.9 Å². The zero-order chi connectivity index (χ0) is 19.9. The molecule has 8 heteroatoms. The molecule has 2 aliphatic heterocycles. The van der Waals surface area contributed by atoms with Gasteiger partial charge in [-0.3, -0.25) is 4.90 Å². The number of amides is 1. The number of benzene rings is 2. The molecule has 0 N–H and O–H groups in total. The molecular weight excluding hydrogens is 400 g/mol. The first-order valence-corrected chi connectivity index (χ1v) is 11.0. The number of ether oxygens (including phenoxy) is 1. The molecule has 1 saturated heterocycles. The molecule has 148 valence electrons. The van der Waals surface area contributed by atoms with E-state index in [9.17, 15) is 13.2 Å².